The number of hydrogen-bond acceptors (Lipinski definition) is 4. The van der Waals surface area contributed by atoms with Crippen molar-refractivity contribution < 1.29 is 15.1 Å². The number of hydrogen-bond donors (Lipinski definition) is 2. The van der Waals surface area contributed by atoms with Gasteiger partial charge in [-0.05, 0) is 31.5 Å². The molecule has 0 heterocycles. The van der Waals surface area contributed by atoms with E-state index >= 15 is 0 Å². The lowest BCUT2D eigenvalue weighted by atomic mass is 9.85. The molecule has 0 unspecified atom stereocenters. The minimum absolute atomic E-state index is 0.0694. The third kappa shape index (κ3) is 2.26. The molecule has 0 bridgehead atoms. The van der Waals surface area contributed by atoms with Gasteiger partial charge in [0.2, 0.25) is 0 Å². The Bertz CT molecular complexity index is 356. The van der Waals surface area contributed by atoms with Crippen LogP contribution in [-0.2, 0) is 10.2 Å². The molecule has 5 nitrogen and oxygen atoms in total. The third-order valence-corrected chi connectivity index (χ3v) is 2.34. The lowest BCUT2D eigenvalue weighted by Crippen LogP contribution is -2.28. The summed E-state index contributed by atoms with van der Waals surface area (Å²) >= 11 is 0. The summed E-state index contributed by atoms with van der Waals surface area (Å²) in [7, 11) is 0. The molecule has 1 aromatic rings. The van der Waals surface area contributed by atoms with Crippen LogP contribution >= 0.6 is 0 Å². The second kappa shape index (κ2) is 3.88. The number of aliphatic carboxylic acids is 1. The van der Waals surface area contributed by atoms with Crippen LogP contribution < -0.4 is 5.23 Å². The van der Waals surface area contributed by atoms with Crippen LogP contribution in [0.3, 0.4) is 0 Å². The van der Waals surface area contributed by atoms with E-state index in [2.05, 4.69) is 0 Å². The molecule has 0 aromatic heterocycles. The molecular formula is C10H12NO4-. The predicted molar refractivity (Wildman–Crippen MR) is 54.7 cm³/mol. The highest BCUT2D eigenvalue weighted by Gasteiger charge is 2.29. The molecule has 0 saturated heterocycles. The maximum atomic E-state index is 10.9. The summed E-state index contributed by atoms with van der Waals surface area (Å²) in [5, 5.41) is 27.8. The Morgan fingerprint density at radius 3 is 2.13 bits per heavy atom. The zero-order valence-electron chi connectivity index (χ0n) is 8.47. The van der Waals surface area contributed by atoms with E-state index in [1.165, 1.54) is 24.3 Å². The number of anilines is 1. The van der Waals surface area contributed by atoms with E-state index in [-0.39, 0.29) is 10.9 Å². The average Bonchev–Trinajstić information content (AvgIpc) is 2.17. The van der Waals surface area contributed by atoms with E-state index < -0.39 is 11.4 Å². The molecule has 0 atom stereocenters. The Morgan fingerprint density at radius 2 is 1.80 bits per heavy atom. The Labute approximate surface area is 87.1 Å². The van der Waals surface area contributed by atoms with Crippen LogP contribution in [0.15, 0.2) is 24.3 Å². The van der Waals surface area contributed by atoms with E-state index in [0.717, 1.165) is 0 Å². The number of nitrogens with zero attached hydrogens (tertiary/aromatic N) is 1. The molecule has 0 aliphatic heterocycles. The molecular weight excluding hydrogens is 198 g/mol. The van der Waals surface area contributed by atoms with Crippen molar-refractivity contribution in [1.82, 2.24) is 0 Å². The first kappa shape index (κ1) is 11.5. The van der Waals surface area contributed by atoms with E-state index in [0.29, 0.717) is 5.56 Å². The molecule has 2 N–H and O–H groups in total. The summed E-state index contributed by atoms with van der Waals surface area (Å²) in [4.78, 5) is 10.9. The van der Waals surface area contributed by atoms with Crippen LogP contribution in [-0.4, -0.2) is 16.3 Å². The van der Waals surface area contributed by atoms with Gasteiger partial charge in [0, 0.05) is 0 Å². The normalized spacial score (nSPS) is 11.2. The first-order valence-corrected chi connectivity index (χ1v) is 4.36. The number of carboxylic acid groups (broad SMARTS) is 1. The summed E-state index contributed by atoms with van der Waals surface area (Å²) in [5.41, 5.74) is -0.373. The topological polar surface area (TPSA) is 83.8 Å². The van der Waals surface area contributed by atoms with Crippen molar-refractivity contribution >= 4 is 11.7 Å². The predicted octanol–water partition coefficient (Wildman–Crippen LogP) is 1.74. The van der Waals surface area contributed by atoms with Crippen LogP contribution in [0.4, 0.5) is 5.69 Å². The van der Waals surface area contributed by atoms with E-state index in [1.54, 1.807) is 13.8 Å². The van der Waals surface area contributed by atoms with Gasteiger partial charge in [0.15, 0.2) is 0 Å². The fraction of sp³-hybridized carbons (Fsp3) is 0.300. The van der Waals surface area contributed by atoms with Crippen LogP contribution in [0.2, 0.25) is 0 Å². The highest BCUT2D eigenvalue weighted by atomic mass is 16.8. The lowest BCUT2D eigenvalue weighted by molar-refractivity contribution is -0.142. The van der Waals surface area contributed by atoms with E-state index in [1.807, 2.05) is 0 Å². The molecule has 0 radical (unpaired) electrons. The Morgan fingerprint density at radius 1 is 1.33 bits per heavy atom. The standard InChI is InChI=1S/C10H12NO4/c1-10(2,9(12)13)7-3-5-8(6-4-7)11(14)15/h3-6,14H,1-2H3,(H,12,13)/q-1. The van der Waals surface area contributed by atoms with Gasteiger partial charge in [0.1, 0.15) is 0 Å². The highest BCUT2D eigenvalue weighted by molar-refractivity contribution is 5.80. The smallest absolute Gasteiger partial charge is 0.313 e. The van der Waals surface area contributed by atoms with Gasteiger partial charge in [-0.3, -0.25) is 10.0 Å². The fourth-order valence-corrected chi connectivity index (χ4v) is 1.13. The van der Waals surface area contributed by atoms with Crippen molar-refractivity contribution in [3.63, 3.8) is 0 Å². The molecule has 1 rings (SSSR count). The van der Waals surface area contributed by atoms with Crippen LogP contribution in [0, 0.1) is 5.21 Å². The second-order valence-electron chi connectivity index (χ2n) is 3.75. The maximum Gasteiger partial charge on any atom is 0.313 e. The van der Waals surface area contributed by atoms with Gasteiger partial charge >= 0.3 is 5.97 Å². The molecule has 0 aliphatic carbocycles. The van der Waals surface area contributed by atoms with Gasteiger partial charge in [0.05, 0.1) is 11.1 Å². The van der Waals surface area contributed by atoms with Gasteiger partial charge in [-0.2, -0.15) is 0 Å². The van der Waals surface area contributed by atoms with Gasteiger partial charge in [-0.25, -0.2) is 0 Å². The maximum absolute atomic E-state index is 10.9. The van der Waals surface area contributed by atoms with Crippen molar-refractivity contribution in [2.45, 2.75) is 19.3 Å². The lowest BCUT2D eigenvalue weighted by Gasteiger charge is -2.24. The van der Waals surface area contributed by atoms with Gasteiger partial charge in [0.25, 0.3) is 0 Å². The summed E-state index contributed by atoms with van der Waals surface area (Å²) < 4.78 is 0. The zero-order chi connectivity index (χ0) is 11.6. The van der Waals surface area contributed by atoms with Crippen LogP contribution in [0.5, 0.6) is 0 Å². The van der Waals surface area contributed by atoms with E-state index in [9.17, 15) is 10.0 Å². The second-order valence-corrected chi connectivity index (χ2v) is 3.75. The van der Waals surface area contributed by atoms with Gasteiger partial charge in [-0.15, -0.1) is 0 Å². The molecule has 0 spiro atoms. The quantitative estimate of drug-likeness (QED) is 0.742. The largest absolute Gasteiger partial charge is 0.733 e. The molecule has 1 aromatic carbocycles. The monoisotopic (exact) mass is 210 g/mol. The average molecular weight is 210 g/mol. The molecule has 0 aliphatic rings. The molecule has 0 fully saturated rings. The molecule has 82 valence electrons. The van der Waals surface area contributed by atoms with Gasteiger partial charge < -0.3 is 15.5 Å². The number of benzene rings is 1. The zero-order valence-corrected chi connectivity index (χ0v) is 8.47. The third-order valence-electron chi connectivity index (χ3n) is 2.34. The number of rotatable bonds is 3. The minimum Gasteiger partial charge on any atom is -0.733 e. The summed E-state index contributed by atoms with van der Waals surface area (Å²) in [6.45, 7) is 3.14. The van der Waals surface area contributed by atoms with Crippen molar-refractivity contribution in [2.24, 2.45) is 0 Å². The fourth-order valence-electron chi connectivity index (χ4n) is 1.13. The Balaban J connectivity index is 3.04. The SMILES string of the molecule is CC(C)(C(=O)O)c1ccc(N([O-])O)cc1. The summed E-state index contributed by atoms with van der Waals surface area (Å²) in [5.74, 6) is -0.946. The van der Waals surface area contributed by atoms with Crippen LogP contribution in [0.1, 0.15) is 19.4 Å². The van der Waals surface area contributed by atoms with Crippen molar-refractivity contribution in [3.8, 4) is 0 Å². The molecule has 15 heavy (non-hydrogen) atoms. The number of carbonyl (C=O) groups is 1. The van der Waals surface area contributed by atoms with Crippen molar-refractivity contribution in [2.75, 3.05) is 5.23 Å². The van der Waals surface area contributed by atoms with Crippen molar-refractivity contribution in [3.05, 3.63) is 35.0 Å². The summed E-state index contributed by atoms with van der Waals surface area (Å²) in [6, 6.07) is 5.75. The molecule has 0 amide bonds. The Hall–Kier alpha value is -1.59. The highest BCUT2D eigenvalue weighted by Crippen LogP contribution is 2.25. The van der Waals surface area contributed by atoms with Crippen molar-refractivity contribution in [1.29, 1.82) is 0 Å². The molecule has 0 saturated carbocycles. The van der Waals surface area contributed by atoms with Gasteiger partial charge in [-0.1, -0.05) is 12.1 Å². The first-order chi connectivity index (χ1) is 6.85. The van der Waals surface area contributed by atoms with Crippen LogP contribution in [0.25, 0.3) is 0 Å². The minimum atomic E-state index is -1.01. The first-order valence-electron chi connectivity index (χ1n) is 4.36. The number of carboxylic acids is 1. The van der Waals surface area contributed by atoms with E-state index in [4.69, 9.17) is 10.3 Å². The Kier molecular flexibility index (Phi) is 2.97. The summed E-state index contributed by atoms with van der Waals surface area (Å²) in [6.07, 6.45) is 0. The molecule has 5 heteroatoms.